The molecule has 0 radical (unpaired) electrons. The van der Waals surface area contributed by atoms with Crippen LogP contribution < -0.4 is 4.74 Å². The van der Waals surface area contributed by atoms with Gasteiger partial charge in [0.2, 0.25) is 5.91 Å². The van der Waals surface area contributed by atoms with Crippen molar-refractivity contribution in [3.63, 3.8) is 0 Å². The third-order valence-corrected chi connectivity index (χ3v) is 4.66. The number of carbonyl (C=O) groups is 1. The standard InChI is InChI=1S/C18H24N4O3/c1-21-15-9-10-22(16(12-24-2)18(15)19-20-21)17(23)8-7-13-5-4-6-14(11-13)25-3/h4-6,11,16H,7-10,12H2,1-3H3. The molecule has 0 spiro atoms. The number of carbonyl (C=O) groups excluding carboxylic acids is 1. The van der Waals surface area contributed by atoms with E-state index in [1.807, 2.05) is 36.2 Å². The summed E-state index contributed by atoms with van der Waals surface area (Å²) in [5, 5.41) is 8.35. The lowest BCUT2D eigenvalue weighted by atomic mass is 10.0. The van der Waals surface area contributed by atoms with E-state index < -0.39 is 0 Å². The smallest absolute Gasteiger partial charge is 0.223 e. The molecular formula is C18H24N4O3. The van der Waals surface area contributed by atoms with Crippen molar-refractivity contribution >= 4 is 5.91 Å². The van der Waals surface area contributed by atoms with E-state index in [4.69, 9.17) is 9.47 Å². The molecule has 0 aliphatic carbocycles. The van der Waals surface area contributed by atoms with E-state index in [1.54, 1.807) is 18.9 Å². The monoisotopic (exact) mass is 344 g/mol. The lowest BCUT2D eigenvalue weighted by Crippen LogP contribution is -2.42. The van der Waals surface area contributed by atoms with Crippen LogP contribution in [0, 0.1) is 0 Å². The lowest BCUT2D eigenvalue weighted by molar-refractivity contribution is -0.135. The molecule has 7 heteroatoms. The van der Waals surface area contributed by atoms with Gasteiger partial charge in [-0.15, -0.1) is 5.10 Å². The van der Waals surface area contributed by atoms with Crippen LogP contribution in [0.4, 0.5) is 0 Å². The van der Waals surface area contributed by atoms with Crippen LogP contribution in [0.1, 0.15) is 29.4 Å². The first-order valence-corrected chi connectivity index (χ1v) is 8.43. The molecule has 1 unspecified atom stereocenters. The van der Waals surface area contributed by atoms with E-state index in [2.05, 4.69) is 10.3 Å². The van der Waals surface area contributed by atoms with Crippen LogP contribution in [0.15, 0.2) is 24.3 Å². The fourth-order valence-electron chi connectivity index (χ4n) is 3.32. The lowest BCUT2D eigenvalue weighted by Gasteiger charge is -2.34. The molecule has 0 bridgehead atoms. The van der Waals surface area contributed by atoms with Crippen LogP contribution in [0.2, 0.25) is 0 Å². The molecular weight excluding hydrogens is 320 g/mol. The Labute approximate surface area is 147 Å². The van der Waals surface area contributed by atoms with Crippen molar-refractivity contribution < 1.29 is 14.3 Å². The van der Waals surface area contributed by atoms with Crippen molar-refractivity contribution in [2.45, 2.75) is 25.3 Å². The van der Waals surface area contributed by atoms with Gasteiger partial charge in [0.1, 0.15) is 17.5 Å². The predicted octanol–water partition coefficient (Wildman–Crippen LogP) is 1.53. The van der Waals surface area contributed by atoms with Crippen LogP contribution in [0.5, 0.6) is 5.75 Å². The van der Waals surface area contributed by atoms with Crippen molar-refractivity contribution in [1.29, 1.82) is 0 Å². The van der Waals surface area contributed by atoms with E-state index in [0.29, 0.717) is 26.0 Å². The Hall–Kier alpha value is -2.41. The third kappa shape index (κ3) is 3.66. The Morgan fingerprint density at radius 2 is 2.20 bits per heavy atom. The highest BCUT2D eigenvalue weighted by atomic mass is 16.5. The minimum atomic E-state index is -0.166. The molecule has 7 nitrogen and oxygen atoms in total. The summed E-state index contributed by atoms with van der Waals surface area (Å²) in [6, 6.07) is 7.66. The number of hydrogen-bond acceptors (Lipinski definition) is 5. The predicted molar refractivity (Wildman–Crippen MR) is 92.4 cm³/mol. The number of benzene rings is 1. The molecule has 134 valence electrons. The van der Waals surface area contributed by atoms with Gasteiger partial charge in [0, 0.05) is 33.5 Å². The Kier molecular flexibility index (Phi) is 5.33. The molecule has 0 N–H and O–H groups in total. The number of fused-ring (bicyclic) bond motifs is 1. The number of methoxy groups -OCH3 is 2. The molecule has 2 heterocycles. The zero-order valence-corrected chi connectivity index (χ0v) is 14.9. The summed E-state index contributed by atoms with van der Waals surface area (Å²) in [4.78, 5) is 14.7. The SMILES string of the molecule is COCC1c2nnn(C)c2CCN1C(=O)CCc1cccc(OC)c1. The summed E-state index contributed by atoms with van der Waals surface area (Å²) in [5.41, 5.74) is 3.03. The van der Waals surface area contributed by atoms with Crippen molar-refractivity contribution in [2.75, 3.05) is 27.4 Å². The van der Waals surface area contributed by atoms with Gasteiger partial charge in [-0.1, -0.05) is 17.3 Å². The van der Waals surface area contributed by atoms with Gasteiger partial charge in [-0.05, 0) is 24.1 Å². The molecule has 25 heavy (non-hydrogen) atoms. The summed E-state index contributed by atoms with van der Waals surface area (Å²) >= 11 is 0. The van der Waals surface area contributed by atoms with Gasteiger partial charge < -0.3 is 14.4 Å². The van der Waals surface area contributed by atoms with Crippen LogP contribution in [0.25, 0.3) is 0 Å². The van der Waals surface area contributed by atoms with Gasteiger partial charge >= 0.3 is 0 Å². The normalized spacial score (nSPS) is 16.6. The van der Waals surface area contributed by atoms with E-state index in [0.717, 1.165) is 29.1 Å². The van der Waals surface area contributed by atoms with E-state index in [1.165, 1.54) is 0 Å². The molecule has 3 rings (SSSR count). The van der Waals surface area contributed by atoms with E-state index in [9.17, 15) is 4.79 Å². The van der Waals surface area contributed by atoms with E-state index >= 15 is 0 Å². The highest BCUT2D eigenvalue weighted by Gasteiger charge is 2.34. The van der Waals surface area contributed by atoms with Gasteiger partial charge in [0.25, 0.3) is 0 Å². The maximum Gasteiger partial charge on any atom is 0.223 e. The fraction of sp³-hybridized carbons (Fsp3) is 0.500. The number of aromatic nitrogens is 3. The summed E-state index contributed by atoms with van der Waals surface area (Å²) in [5.74, 6) is 0.922. The Morgan fingerprint density at radius 3 is 2.96 bits per heavy atom. The molecule has 0 saturated heterocycles. The zero-order valence-electron chi connectivity index (χ0n) is 14.9. The van der Waals surface area contributed by atoms with Crippen LogP contribution in [-0.2, 0) is 29.4 Å². The highest BCUT2D eigenvalue weighted by molar-refractivity contribution is 5.77. The molecule has 2 aromatic rings. The Bertz CT molecular complexity index is 744. The average molecular weight is 344 g/mol. The minimum absolute atomic E-state index is 0.112. The first-order chi connectivity index (χ1) is 12.1. The quantitative estimate of drug-likeness (QED) is 0.795. The number of nitrogens with zero attached hydrogens (tertiary/aromatic N) is 4. The molecule has 1 aromatic carbocycles. The van der Waals surface area contributed by atoms with Crippen molar-refractivity contribution in [1.82, 2.24) is 19.9 Å². The van der Waals surface area contributed by atoms with Crippen molar-refractivity contribution in [2.24, 2.45) is 7.05 Å². The van der Waals surface area contributed by atoms with Crippen LogP contribution >= 0.6 is 0 Å². The van der Waals surface area contributed by atoms with Gasteiger partial charge in [-0.2, -0.15) is 0 Å². The summed E-state index contributed by atoms with van der Waals surface area (Å²) in [6.07, 6.45) is 1.90. The minimum Gasteiger partial charge on any atom is -0.497 e. The van der Waals surface area contributed by atoms with Gasteiger partial charge in [-0.3, -0.25) is 9.48 Å². The van der Waals surface area contributed by atoms with Crippen LogP contribution in [0.3, 0.4) is 0 Å². The number of hydrogen-bond donors (Lipinski definition) is 0. The molecule has 0 saturated carbocycles. The summed E-state index contributed by atoms with van der Waals surface area (Å²) < 4.78 is 12.4. The molecule has 1 aliphatic heterocycles. The number of rotatable bonds is 6. The van der Waals surface area contributed by atoms with E-state index in [-0.39, 0.29) is 11.9 Å². The zero-order chi connectivity index (χ0) is 17.8. The Balaban J connectivity index is 1.70. The van der Waals surface area contributed by atoms with Crippen molar-refractivity contribution in [3.8, 4) is 5.75 Å². The second kappa shape index (κ2) is 7.65. The fourth-order valence-corrected chi connectivity index (χ4v) is 3.32. The Morgan fingerprint density at radius 1 is 1.36 bits per heavy atom. The summed E-state index contributed by atoms with van der Waals surface area (Å²) in [7, 11) is 5.17. The average Bonchev–Trinajstić information content (AvgIpc) is 3.02. The van der Waals surface area contributed by atoms with Crippen LogP contribution in [-0.4, -0.2) is 53.2 Å². The summed E-state index contributed by atoms with van der Waals surface area (Å²) in [6.45, 7) is 1.09. The second-order valence-corrected chi connectivity index (χ2v) is 6.20. The van der Waals surface area contributed by atoms with Gasteiger partial charge in [0.15, 0.2) is 0 Å². The van der Waals surface area contributed by atoms with Gasteiger partial charge in [0.05, 0.1) is 19.4 Å². The largest absolute Gasteiger partial charge is 0.497 e. The molecule has 1 amide bonds. The number of ether oxygens (including phenoxy) is 2. The topological polar surface area (TPSA) is 69.5 Å². The highest BCUT2D eigenvalue weighted by Crippen LogP contribution is 2.28. The van der Waals surface area contributed by atoms with Gasteiger partial charge in [-0.25, -0.2) is 0 Å². The maximum absolute atomic E-state index is 12.8. The van der Waals surface area contributed by atoms with Crippen molar-refractivity contribution in [3.05, 3.63) is 41.2 Å². The number of aryl methyl sites for hydroxylation is 2. The number of amides is 1. The molecule has 0 fully saturated rings. The molecule has 1 aliphatic rings. The molecule has 1 aromatic heterocycles. The second-order valence-electron chi connectivity index (χ2n) is 6.20. The molecule has 1 atom stereocenters. The first-order valence-electron chi connectivity index (χ1n) is 8.43. The first kappa shape index (κ1) is 17.4. The maximum atomic E-state index is 12.8. The third-order valence-electron chi connectivity index (χ3n) is 4.66.